The summed E-state index contributed by atoms with van der Waals surface area (Å²) < 4.78 is 5.67. The van der Waals surface area contributed by atoms with Gasteiger partial charge in [-0.3, -0.25) is 4.79 Å². The maximum absolute atomic E-state index is 12.1. The molecule has 122 valence electrons. The molecule has 0 saturated carbocycles. The number of carbonyl (C=O) groups is 1. The Bertz CT molecular complexity index is 482. The summed E-state index contributed by atoms with van der Waals surface area (Å²) in [6, 6.07) is 8.51. The van der Waals surface area contributed by atoms with Crippen molar-refractivity contribution in [2.24, 2.45) is 5.92 Å². The number of nitrogens with zero attached hydrogens (tertiary/aromatic N) is 1. The van der Waals surface area contributed by atoms with Crippen molar-refractivity contribution in [3.8, 4) is 0 Å². The molecule has 2 atom stereocenters. The van der Waals surface area contributed by atoms with Crippen molar-refractivity contribution in [3.63, 3.8) is 0 Å². The third-order valence-corrected chi connectivity index (χ3v) is 4.43. The Balaban J connectivity index is 2.02. The van der Waals surface area contributed by atoms with Crippen LogP contribution in [0.4, 0.5) is 11.4 Å². The number of nitrogens with one attached hydrogen (secondary N) is 1. The molecular weight excluding hydrogens is 276 g/mol. The Hall–Kier alpha value is -1.55. The highest BCUT2D eigenvalue weighted by molar-refractivity contribution is 5.92. The second-order valence-electron chi connectivity index (χ2n) is 6.19. The van der Waals surface area contributed by atoms with E-state index in [0.717, 1.165) is 31.7 Å². The van der Waals surface area contributed by atoms with Crippen LogP contribution in [0.2, 0.25) is 0 Å². The van der Waals surface area contributed by atoms with Gasteiger partial charge in [-0.1, -0.05) is 13.8 Å². The van der Waals surface area contributed by atoms with E-state index < -0.39 is 0 Å². The Kier molecular flexibility index (Phi) is 5.83. The van der Waals surface area contributed by atoms with Crippen LogP contribution < -0.4 is 10.2 Å². The Morgan fingerprint density at radius 3 is 2.50 bits per heavy atom. The molecule has 2 rings (SSSR count). The summed E-state index contributed by atoms with van der Waals surface area (Å²) in [5, 5.41) is 3.01. The van der Waals surface area contributed by atoms with E-state index in [-0.39, 0.29) is 17.9 Å². The van der Waals surface area contributed by atoms with E-state index in [1.165, 1.54) is 5.69 Å². The van der Waals surface area contributed by atoms with Crippen LogP contribution in [0, 0.1) is 5.92 Å². The lowest BCUT2D eigenvalue weighted by Gasteiger charge is -2.38. The summed E-state index contributed by atoms with van der Waals surface area (Å²) >= 11 is 0. The Morgan fingerprint density at radius 1 is 1.27 bits per heavy atom. The zero-order valence-electron chi connectivity index (χ0n) is 14.1. The molecule has 1 aromatic carbocycles. The Morgan fingerprint density at radius 2 is 1.91 bits per heavy atom. The van der Waals surface area contributed by atoms with Crippen molar-refractivity contribution in [2.45, 2.75) is 52.7 Å². The molecule has 4 heteroatoms. The van der Waals surface area contributed by atoms with Gasteiger partial charge in [0.25, 0.3) is 0 Å². The van der Waals surface area contributed by atoms with Crippen molar-refractivity contribution in [2.75, 3.05) is 23.4 Å². The highest BCUT2D eigenvalue weighted by atomic mass is 16.5. The summed E-state index contributed by atoms with van der Waals surface area (Å²) in [5.74, 6) is 0.214. The molecule has 0 aromatic heterocycles. The number of benzene rings is 1. The zero-order valence-corrected chi connectivity index (χ0v) is 14.1. The molecule has 1 saturated heterocycles. The SMILES string of the molecule is CCC(CC)C(=O)Nc1ccc(N2CC(C)OCC2C)cc1. The number of rotatable bonds is 5. The molecule has 0 spiro atoms. The highest BCUT2D eigenvalue weighted by Gasteiger charge is 2.23. The zero-order chi connectivity index (χ0) is 16.1. The van der Waals surface area contributed by atoms with Crippen LogP contribution in [0.1, 0.15) is 40.5 Å². The van der Waals surface area contributed by atoms with Crippen molar-refractivity contribution in [3.05, 3.63) is 24.3 Å². The second-order valence-corrected chi connectivity index (χ2v) is 6.19. The summed E-state index contributed by atoms with van der Waals surface area (Å²) in [6.07, 6.45) is 2.01. The molecule has 0 aliphatic carbocycles. The van der Waals surface area contributed by atoms with Gasteiger partial charge in [-0.05, 0) is 51.0 Å². The molecule has 0 bridgehead atoms. The molecule has 2 unspecified atom stereocenters. The average Bonchev–Trinajstić information content (AvgIpc) is 2.52. The van der Waals surface area contributed by atoms with Gasteiger partial charge in [0, 0.05) is 29.9 Å². The normalized spacial score (nSPS) is 22.0. The van der Waals surface area contributed by atoms with Gasteiger partial charge in [-0.2, -0.15) is 0 Å². The second kappa shape index (κ2) is 7.63. The summed E-state index contributed by atoms with van der Waals surface area (Å²) in [4.78, 5) is 14.5. The van der Waals surface area contributed by atoms with Gasteiger partial charge in [0.2, 0.25) is 5.91 Å². The van der Waals surface area contributed by atoms with Crippen LogP contribution in [-0.2, 0) is 9.53 Å². The van der Waals surface area contributed by atoms with Gasteiger partial charge >= 0.3 is 0 Å². The lowest BCUT2D eigenvalue weighted by Crippen LogP contribution is -2.47. The van der Waals surface area contributed by atoms with Gasteiger partial charge in [-0.25, -0.2) is 0 Å². The van der Waals surface area contributed by atoms with Crippen LogP contribution in [0.3, 0.4) is 0 Å². The molecule has 1 N–H and O–H groups in total. The minimum absolute atomic E-state index is 0.0970. The highest BCUT2D eigenvalue weighted by Crippen LogP contribution is 2.24. The number of carbonyl (C=O) groups excluding carboxylic acids is 1. The molecule has 1 amide bonds. The van der Waals surface area contributed by atoms with Crippen LogP contribution >= 0.6 is 0 Å². The van der Waals surface area contributed by atoms with Crippen molar-refractivity contribution >= 4 is 17.3 Å². The number of hydrogen-bond acceptors (Lipinski definition) is 3. The first kappa shape index (κ1) is 16.8. The number of morpholine rings is 1. The Labute approximate surface area is 133 Å². The largest absolute Gasteiger partial charge is 0.375 e. The fraction of sp³-hybridized carbons (Fsp3) is 0.611. The van der Waals surface area contributed by atoms with Crippen LogP contribution in [0.15, 0.2) is 24.3 Å². The van der Waals surface area contributed by atoms with E-state index in [4.69, 9.17) is 4.74 Å². The molecule has 1 fully saturated rings. The molecule has 0 radical (unpaired) electrons. The first-order valence-electron chi connectivity index (χ1n) is 8.34. The minimum Gasteiger partial charge on any atom is -0.375 e. The van der Waals surface area contributed by atoms with Gasteiger partial charge in [-0.15, -0.1) is 0 Å². The maximum Gasteiger partial charge on any atom is 0.227 e. The number of hydrogen-bond donors (Lipinski definition) is 1. The van der Waals surface area contributed by atoms with Gasteiger partial charge < -0.3 is 15.0 Å². The molecule has 1 aliphatic heterocycles. The van der Waals surface area contributed by atoms with E-state index in [1.54, 1.807) is 0 Å². The molecule has 1 heterocycles. The van der Waals surface area contributed by atoms with E-state index in [1.807, 2.05) is 12.1 Å². The van der Waals surface area contributed by atoms with E-state index >= 15 is 0 Å². The van der Waals surface area contributed by atoms with Crippen LogP contribution in [0.25, 0.3) is 0 Å². The maximum atomic E-state index is 12.1. The first-order valence-corrected chi connectivity index (χ1v) is 8.34. The van der Waals surface area contributed by atoms with Crippen LogP contribution in [-0.4, -0.2) is 31.2 Å². The quantitative estimate of drug-likeness (QED) is 0.902. The predicted octanol–water partition coefficient (Wildman–Crippen LogP) is 3.67. The molecular formula is C18H28N2O2. The standard InChI is InChI=1S/C18H28N2O2/c1-5-15(6-2)18(21)19-16-7-9-17(10-8-16)20-11-14(4)22-12-13(20)3/h7-10,13-15H,5-6,11-12H2,1-4H3,(H,19,21). The number of amides is 1. The van der Waals surface area contributed by atoms with Crippen LogP contribution in [0.5, 0.6) is 0 Å². The average molecular weight is 304 g/mol. The van der Waals surface area contributed by atoms with E-state index in [2.05, 4.69) is 50.0 Å². The predicted molar refractivity (Wildman–Crippen MR) is 91.4 cm³/mol. The topological polar surface area (TPSA) is 41.6 Å². The summed E-state index contributed by atoms with van der Waals surface area (Å²) in [6.45, 7) is 10.0. The van der Waals surface area contributed by atoms with Crippen molar-refractivity contribution in [1.29, 1.82) is 0 Å². The molecule has 22 heavy (non-hydrogen) atoms. The smallest absolute Gasteiger partial charge is 0.227 e. The van der Waals surface area contributed by atoms with Gasteiger partial charge in [0.1, 0.15) is 0 Å². The molecule has 4 nitrogen and oxygen atoms in total. The number of anilines is 2. The molecule has 1 aromatic rings. The van der Waals surface area contributed by atoms with Gasteiger partial charge in [0.05, 0.1) is 12.7 Å². The monoisotopic (exact) mass is 304 g/mol. The van der Waals surface area contributed by atoms with Crippen molar-refractivity contribution < 1.29 is 9.53 Å². The molecule has 1 aliphatic rings. The third-order valence-electron chi connectivity index (χ3n) is 4.43. The van der Waals surface area contributed by atoms with E-state index in [9.17, 15) is 4.79 Å². The van der Waals surface area contributed by atoms with Gasteiger partial charge in [0.15, 0.2) is 0 Å². The minimum atomic E-state index is 0.0970. The lowest BCUT2D eigenvalue weighted by atomic mass is 10.0. The third kappa shape index (κ3) is 4.01. The van der Waals surface area contributed by atoms with E-state index in [0.29, 0.717) is 6.04 Å². The van der Waals surface area contributed by atoms with Crippen molar-refractivity contribution in [1.82, 2.24) is 0 Å². The summed E-state index contributed by atoms with van der Waals surface area (Å²) in [5.41, 5.74) is 2.05. The summed E-state index contributed by atoms with van der Waals surface area (Å²) in [7, 11) is 0. The fourth-order valence-corrected chi connectivity index (χ4v) is 2.90. The fourth-order valence-electron chi connectivity index (χ4n) is 2.90. The number of ether oxygens (including phenoxy) is 1. The first-order chi connectivity index (χ1) is 10.5. The lowest BCUT2D eigenvalue weighted by molar-refractivity contribution is -0.120.